The average Bonchev–Trinajstić information content (AvgIpc) is 2.28. The Balaban J connectivity index is 3.09. The van der Waals surface area contributed by atoms with Gasteiger partial charge in [0.05, 0.1) is 18.4 Å². The Labute approximate surface area is 92.7 Å². The molecule has 74 valence electrons. The number of anilines is 1. The lowest BCUT2D eigenvalue weighted by Gasteiger charge is -2.06. The summed E-state index contributed by atoms with van der Waals surface area (Å²) in [6.07, 6.45) is 0. The molecule has 0 fully saturated rings. The third-order valence-electron chi connectivity index (χ3n) is 1.70. The Morgan fingerprint density at radius 2 is 2.20 bits per heavy atom. The van der Waals surface area contributed by atoms with Crippen molar-refractivity contribution < 1.29 is 4.74 Å². The first kappa shape index (κ1) is 11.0. The minimum Gasteiger partial charge on any atom is -0.497 e. The SMILES string of the molecule is COc1ccc(C#N)c(NC(=S)C#N)c1. The van der Waals surface area contributed by atoms with E-state index in [9.17, 15) is 0 Å². The van der Waals surface area contributed by atoms with Crippen LogP contribution in [0.1, 0.15) is 5.56 Å². The van der Waals surface area contributed by atoms with Crippen molar-refractivity contribution >= 4 is 22.9 Å². The van der Waals surface area contributed by atoms with Crippen LogP contribution >= 0.6 is 12.2 Å². The van der Waals surface area contributed by atoms with Crippen LogP contribution in [0, 0.1) is 22.7 Å². The van der Waals surface area contributed by atoms with Crippen LogP contribution < -0.4 is 10.1 Å². The van der Waals surface area contributed by atoms with E-state index >= 15 is 0 Å². The van der Waals surface area contributed by atoms with Gasteiger partial charge in [0.15, 0.2) is 4.99 Å². The Morgan fingerprint density at radius 3 is 2.73 bits per heavy atom. The predicted octanol–water partition coefficient (Wildman–Crippen LogP) is 1.83. The Hall–Kier alpha value is -2.11. The monoisotopic (exact) mass is 217 g/mol. The van der Waals surface area contributed by atoms with E-state index < -0.39 is 0 Å². The van der Waals surface area contributed by atoms with Gasteiger partial charge < -0.3 is 10.1 Å². The van der Waals surface area contributed by atoms with Gasteiger partial charge in [0.2, 0.25) is 0 Å². The number of thiocarbonyl (C=S) groups is 1. The maximum atomic E-state index is 8.81. The molecule has 0 saturated heterocycles. The number of nitriles is 2. The number of nitrogens with one attached hydrogen (secondary N) is 1. The van der Waals surface area contributed by atoms with Crippen LogP contribution in [0.2, 0.25) is 0 Å². The van der Waals surface area contributed by atoms with Crippen molar-refractivity contribution in [2.24, 2.45) is 0 Å². The van der Waals surface area contributed by atoms with E-state index in [-0.39, 0.29) is 4.99 Å². The van der Waals surface area contributed by atoms with Crippen molar-refractivity contribution in [1.29, 1.82) is 10.5 Å². The highest BCUT2D eigenvalue weighted by Gasteiger charge is 2.05. The smallest absolute Gasteiger partial charge is 0.182 e. The van der Waals surface area contributed by atoms with Crippen LogP contribution in [0.4, 0.5) is 5.69 Å². The number of hydrogen-bond donors (Lipinski definition) is 1. The number of hydrogen-bond acceptors (Lipinski definition) is 4. The van der Waals surface area contributed by atoms with Crippen molar-refractivity contribution in [3.8, 4) is 17.9 Å². The van der Waals surface area contributed by atoms with Gasteiger partial charge in [-0.2, -0.15) is 10.5 Å². The van der Waals surface area contributed by atoms with Crippen LogP contribution in [0.25, 0.3) is 0 Å². The van der Waals surface area contributed by atoms with Gasteiger partial charge in [0.25, 0.3) is 0 Å². The minimum absolute atomic E-state index is 0.0137. The fourth-order valence-electron chi connectivity index (χ4n) is 1.00. The van der Waals surface area contributed by atoms with Crippen molar-refractivity contribution in [3.63, 3.8) is 0 Å². The molecule has 1 rings (SSSR count). The van der Waals surface area contributed by atoms with Gasteiger partial charge in [-0.1, -0.05) is 0 Å². The zero-order chi connectivity index (χ0) is 11.3. The van der Waals surface area contributed by atoms with Gasteiger partial charge in [-0.05, 0) is 24.4 Å². The van der Waals surface area contributed by atoms with E-state index in [1.165, 1.54) is 7.11 Å². The predicted molar refractivity (Wildman–Crippen MR) is 59.5 cm³/mol. The maximum Gasteiger partial charge on any atom is 0.182 e. The van der Waals surface area contributed by atoms with Crippen LogP contribution in [0.3, 0.4) is 0 Å². The fraction of sp³-hybridized carbons (Fsp3) is 0.100. The Morgan fingerprint density at radius 1 is 1.47 bits per heavy atom. The molecule has 15 heavy (non-hydrogen) atoms. The van der Waals surface area contributed by atoms with Crippen molar-refractivity contribution in [2.75, 3.05) is 12.4 Å². The lowest BCUT2D eigenvalue weighted by Crippen LogP contribution is -2.07. The summed E-state index contributed by atoms with van der Waals surface area (Å²) < 4.78 is 4.99. The first-order valence-corrected chi connectivity index (χ1v) is 4.41. The van der Waals surface area contributed by atoms with E-state index in [2.05, 4.69) is 5.32 Å². The summed E-state index contributed by atoms with van der Waals surface area (Å²) in [5.41, 5.74) is 0.886. The molecule has 0 bridgehead atoms. The molecule has 1 N–H and O–H groups in total. The highest BCUT2D eigenvalue weighted by Crippen LogP contribution is 2.21. The molecule has 0 atom stereocenters. The first-order chi connectivity index (χ1) is 7.21. The Kier molecular flexibility index (Phi) is 3.61. The summed E-state index contributed by atoms with van der Waals surface area (Å²) in [5, 5.41) is 20.0. The lowest BCUT2D eigenvalue weighted by molar-refractivity contribution is 0.415. The summed E-state index contributed by atoms with van der Waals surface area (Å²) in [4.78, 5) is 0.0137. The van der Waals surface area contributed by atoms with E-state index in [0.717, 1.165) is 0 Å². The summed E-state index contributed by atoms with van der Waals surface area (Å²) in [7, 11) is 1.52. The lowest BCUT2D eigenvalue weighted by atomic mass is 10.2. The van der Waals surface area contributed by atoms with Crippen LogP contribution in [-0.2, 0) is 0 Å². The molecule has 0 aliphatic rings. The normalized spacial score (nSPS) is 8.47. The topological polar surface area (TPSA) is 68.8 Å². The van der Waals surface area contributed by atoms with E-state index in [1.807, 2.05) is 6.07 Å². The summed E-state index contributed by atoms with van der Waals surface area (Å²) in [5.74, 6) is 0.595. The van der Waals surface area contributed by atoms with Crippen molar-refractivity contribution in [2.45, 2.75) is 0 Å². The van der Waals surface area contributed by atoms with E-state index in [1.54, 1.807) is 24.3 Å². The molecule has 0 unspecified atom stereocenters. The molecule has 0 aliphatic carbocycles. The third-order valence-corrected chi connectivity index (χ3v) is 1.89. The van der Waals surface area contributed by atoms with Crippen molar-refractivity contribution in [1.82, 2.24) is 0 Å². The molecule has 0 heterocycles. The largest absolute Gasteiger partial charge is 0.497 e. The zero-order valence-corrected chi connectivity index (χ0v) is 8.76. The molecule has 5 heteroatoms. The Bertz CT molecular complexity index is 471. The molecular weight excluding hydrogens is 210 g/mol. The molecule has 0 spiro atoms. The molecule has 0 aliphatic heterocycles. The quantitative estimate of drug-likeness (QED) is 0.765. The molecule has 0 saturated carbocycles. The van der Waals surface area contributed by atoms with Gasteiger partial charge in [0, 0.05) is 6.07 Å². The third kappa shape index (κ3) is 2.67. The number of methoxy groups -OCH3 is 1. The number of rotatable bonds is 2. The number of benzene rings is 1. The summed E-state index contributed by atoms with van der Waals surface area (Å²) in [6.45, 7) is 0. The molecule has 1 aromatic carbocycles. The second-order valence-corrected chi connectivity index (χ2v) is 3.00. The summed E-state index contributed by atoms with van der Waals surface area (Å²) >= 11 is 4.70. The molecule has 1 aromatic rings. The highest BCUT2D eigenvalue weighted by molar-refractivity contribution is 7.81. The molecule has 0 radical (unpaired) electrons. The first-order valence-electron chi connectivity index (χ1n) is 4.00. The highest BCUT2D eigenvalue weighted by atomic mass is 32.1. The minimum atomic E-state index is 0.0137. The zero-order valence-electron chi connectivity index (χ0n) is 7.94. The van der Waals surface area contributed by atoms with Crippen LogP contribution in [0.5, 0.6) is 5.75 Å². The van der Waals surface area contributed by atoms with Gasteiger partial charge in [-0.15, -0.1) is 0 Å². The average molecular weight is 217 g/mol. The molecular formula is C10H7N3OS. The molecule has 0 aromatic heterocycles. The summed E-state index contributed by atoms with van der Waals surface area (Å²) in [6, 6.07) is 8.64. The number of nitrogens with zero attached hydrogens (tertiary/aromatic N) is 2. The second kappa shape index (κ2) is 4.94. The van der Waals surface area contributed by atoms with Gasteiger partial charge in [-0.25, -0.2) is 0 Å². The van der Waals surface area contributed by atoms with E-state index in [4.69, 9.17) is 27.5 Å². The van der Waals surface area contributed by atoms with Gasteiger partial charge in [0.1, 0.15) is 17.9 Å². The maximum absolute atomic E-state index is 8.81. The van der Waals surface area contributed by atoms with Gasteiger partial charge in [-0.3, -0.25) is 0 Å². The van der Waals surface area contributed by atoms with Crippen LogP contribution in [-0.4, -0.2) is 12.1 Å². The van der Waals surface area contributed by atoms with Crippen molar-refractivity contribution in [3.05, 3.63) is 23.8 Å². The van der Waals surface area contributed by atoms with Gasteiger partial charge >= 0.3 is 0 Å². The standard InChI is InChI=1S/C10H7N3OS/c1-14-8-3-2-7(5-11)9(4-8)13-10(15)6-12/h2-4H,1H3,(H,13,15). The fourth-order valence-corrected chi connectivity index (χ4v) is 1.11. The molecule has 4 nitrogen and oxygen atoms in total. The number of ether oxygens (including phenoxy) is 1. The van der Waals surface area contributed by atoms with E-state index in [0.29, 0.717) is 17.0 Å². The second-order valence-electron chi connectivity index (χ2n) is 2.59. The molecule has 0 amide bonds. The van der Waals surface area contributed by atoms with Crippen LogP contribution in [0.15, 0.2) is 18.2 Å².